The summed E-state index contributed by atoms with van der Waals surface area (Å²) >= 11 is 0. The summed E-state index contributed by atoms with van der Waals surface area (Å²) in [5, 5.41) is 9.98. The molecule has 0 aromatic carbocycles. The number of carbonyl (C=O) groups excluding carboxylic acids is 1. The number of rotatable bonds is 4. The van der Waals surface area contributed by atoms with Gasteiger partial charge in [-0.3, -0.25) is 4.79 Å². The molecule has 9 nitrogen and oxygen atoms in total. The Hall–Kier alpha value is -2.71. The van der Waals surface area contributed by atoms with Gasteiger partial charge in [-0.15, -0.1) is 0 Å². The van der Waals surface area contributed by atoms with Crippen molar-refractivity contribution in [3.63, 3.8) is 0 Å². The minimum Gasteiger partial charge on any atom is -0.354 e. The topological polar surface area (TPSA) is 101 Å². The van der Waals surface area contributed by atoms with E-state index in [0.717, 1.165) is 0 Å². The molecule has 9 heteroatoms. The van der Waals surface area contributed by atoms with Gasteiger partial charge in [-0.25, -0.2) is 4.68 Å². The molecule has 2 aromatic rings. The molecule has 1 aliphatic rings. The first-order chi connectivity index (χ1) is 10.3. The van der Waals surface area contributed by atoms with E-state index in [1.54, 1.807) is 23.1 Å². The number of nitrogens with one attached hydrogen (secondary N) is 2. The Balaban J connectivity index is 1.96. The predicted molar refractivity (Wildman–Crippen MR) is 76.3 cm³/mol. The highest BCUT2D eigenvalue weighted by atomic mass is 16.2. The van der Waals surface area contributed by atoms with E-state index in [9.17, 15) is 4.79 Å². The molecule has 0 bridgehead atoms. The van der Waals surface area contributed by atoms with Crippen molar-refractivity contribution in [2.24, 2.45) is 0 Å². The lowest BCUT2D eigenvalue weighted by Crippen LogP contribution is -2.48. The Kier molecular flexibility index (Phi) is 3.63. The number of anilines is 2. The average Bonchev–Trinajstić information content (AvgIpc) is 3.01. The summed E-state index contributed by atoms with van der Waals surface area (Å²) in [6.45, 7) is 4.15. The third-order valence-corrected chi connectivity index (χ3v) is 2.98. The van der Waals surface area contributed by atoms with Crippen LogP contribution in [0.3, 0.4) is 0 Å². The molecule has 0 radical (unpaired) electrons. The summed E-state index contributed by atoms with van der Waals surface area (Å²) in [4.78, 5) is 26.4. The second kappa shape index (κ2) is 5.73. The lowest BCUT2D eigenvalue weighted by Gasteiger charge is -2.26. The molecule has 3 rings (SSSR count). The molecular formula is C12H16N8O. The Morgan fingerprint density at radius 2 is 2.19 bits per heavy atom. The number of nitrogens with zero attached hydrogens (tertiary/aromatic N) is 6. The van der Waals surface area contributed by atoms with E-state index >= 15 is 0 Å². The second-order valence-corrected chi connectivity index (χ2v) is 4.51. The van der Waals surface area contributed by atoms with Gasteiger partial charge in [0.25, 0.3) is 5.95 Å². The first-order valence-electron chi connectivity index (χ1n) is 6.78. The molecule has 0 spiro atoms. The van der Waals surface area contributed by atoms with Crippen molar-refractivity contribution in [1.82, 2.24) is 30.0 Å². The number of hydrogen-bond donors (Lipinski definition) is 2. The van der Waals surface area contributed by atoms with Crippen molar-refractivity contribution in [3.8, 4) is 5.95 Å². The summed E-state index contributed by atoms with van der Waals surface area (Å²) < 4.78 is 1.57. The molecule has 2 N–H and O–H groups in total. The lowest BCUT2D eigenvalue weighted by atomic mass is 10.4. The van der Waals surface area contributed by atoms with Crippen LogP contribution in [0.15, 0.2) is 18.5 Å². The third-order valence-electron chi connectivity index (χ3n) is 2.98. The van der Waals surface area contributed by atoms with Crippen LogP contribution in [0.5, 0.6) is 0 Å². The smallest absolute Gasteiger partial charge is 0.257 e. The minimum absolute atomic E-state index is 0.0349. The van der Waals surface area contributed by atoms with Crippen LogP contribution in [0.25, 0.3) is 5.95 Å². The van der Waals surface area contributed by atoms with Crippen LogP contribution in [-0.2, 0) is 4.79 Å². The van der Waals surface area contributed by atoms with Crippen LogP contribution >= 0.6 is 0 Å². The molecule has 0 aliphatic carbocycles. The number of amides is 1. The molecule has 1 saturated heterocycles. The fourth-order valence-corrected chi connectivity index (χ4v) is 2.03. The zero-order chi connectivity index (χ0) is 14.7. The van der Waals surface area contributed by atoms with Crippen molar-refractivity contribution in [1.29, 1.82) is 0 Å². The third kappa shape index (κ3) is 2.91. The maximum absolute atomic E-state index is 11.5. The highest BCUT2D eigenvalue weighted by Crippen LogP contribution is 2.13. The standard InChI is InChI=1S/C12H16N8O/c1-2-13-10-16-11(19-7-5-14-9(21)8-19)18-12(17-10)20-6-3-4-15-20/h3-4,6H,2,5,7-8H2,1H3,(H,14,21)(H,13,16,17,18). The summed E-state index contributed by atoms with van der Waals surface area (Å²) in [7, 11) is 0. The highest BCUT2D eigenvalue weighted by molar-refractivity contribution is 5.82. The quantitative estimate of drug-likeness (QED) is 0.776. The molecule has 1 fully saturated rings. The molecule has 0 atom stereocenters. The molecule has 0 saturated carbocycles. The summed E-state index contributed by atoms with van der Waals surface area (Å²) in [6, 6.07) is 1.80. The zero-order valence-electron chi connectivity index (χ0n) is 11.7. The molecular weight excluding hydrogens is 272 g/mol. The van der Waals surface area contributed by atoms with Crippen LogP contribution in [-0.4, -0.2) is 56.8 Å². The van der Waals surface area contributed by atoms with Gasteiger partial charge < -0.3 is 15.5 Å². The van der Waals surface area contributed by atoms with Crippen molar-refractivity contribution in [2.45, 2.75) is 6.92 Å². The van der Waals surface area contributed by atoms with Gasteiger partial charge in [0.05, 0.1) is 6.54 Å². The SMILES string of the molecule is CCNc1nc(N2CCNC(=O)C2)nc(-n2cccn2)n1. The van der Waals surface area contributed by atoms with Crippen molar-refractivity contribution >= 4 is 17.8 Å². The maximum atomic E-state index is 11.5. The summed E-state index contributed by atoms with van der Waals surface area (Å²) in [5.41, 5.74) is 0. The second-order valence-electron chi connectivity index (χ2n) is 4.51. The van der Waals surface area contributed by atoms with E-state index < -0.39 is 0 Å². The average molecular weight is 288 g/mol. The van der Waals surface area contributed by atoms with E-state index in [4.69, 9.17) is 0 Å². The monoisotopic (exact) mass is 288 g/mol. The van der Waals surface area contributed by atoms with E-state index in [0.29, 0.717) is 37.5 Å². The van der Waals surface area contributed by atoms with E-state index in [1.165, 1.54) is 0 Å². The van der Waals surface area contributed by atoms with Crippen LogP contribution in [0.4, 0.5) is 11.9 Å². The summed E-state index contributed by atoms with van der Waals surface area (Å²) in [6.07, 6.45) is 3.42. The summed E-state index contributed by atoms with van der Waals surface area (Å²) in [5.74, 6) is 1.33. The van der Waals surface area contributed by atoms with E-state index in [-0.39, 0.29) is 12.5 Å². The molecule has 1 aliphatic heterocycles. The zero-order valence-corrected chi connectivity index (χ0v) is 11.7. The fraction of sp³-hybridized carbons (Fsp3) is 0.417. The lowest BCUT2D eigenvalue weighted by molar-refractivity contribution is -0.120. The van der Waals surface area contributed by atoms with Gasteiger partial charge in [0.15, 0.2) is 0 Å². The number of carbonyl (C=O) groups is 1. The van der Waals surface area contributed by atoms with Crippen LogP contribution in [0, 0.1) is 0 Å². The van der Waals surface area contributed by atoms with Crippen LogP contribution < -0.4 is 15.5 Å². The molecule has 3 heterocycles. The first kappa shape index (κ1) is 13.3. The van der Waals surface area contributed by atoms with Crippen LogP contribution in [0.1, 0.15) is 6.92 Å². The van der Waals surface area contributed by atoms with E-state index in [2.05, 4.69) is 30.7 Å². The molecule has 110 valence electrons. The van der Waals surface area contributed by atoms with Crippen molar-refractivity contribution in [3.05, 3.63) is 18.5 Å². The Bertz CT molecular complexity index is 626. The Morgan fingerprint density at radius 3 is 2.90 bits per heavy atom. The van der Waals surface area contributed by atoms with Crippen LogP contribution in [0.2, 0.25) is 0 Å². The van der Waals surface area contributed by atoms with Gasteiger partial charge in [0, 0.05) is 32.0 Å². The molecule has 1 amide bonds. The van der Waals surface area contributed by atoms with Gasteiger partial charge >= 0.3 is 0 Å². The maximum Gasteiger partial charge on any atom is 0.257 e. The van der Waals surface area contributed by atoms with Gasteiger partial charge in [0.1, 0.15) is 0 Å². The van der Waals surface area contributed by atoms with Gasteiger partial charge in [-0.05, 0) is 13.0 Å². The predicted octanol–water partition coefficient (Wildman–Crippen LogP) is -0.575. The van der Waals surface area contributed by atoms with E-state index in [1.807, 2.05) is 11.8 Å². The Labute approximate surface area is 121 Å². The number of hydrogen-bond acceptors (Lipinski definition) is 7. The number of piperazine rings is 1. The van der Waals surface area contributed by atoms with Gasteiger partial charge in [0.2, 0.25) is 17.8 Å². The highest BCUT2D eigenvalue weighted by Gasteiger charge is 2.20. The molecule has 21 heavy (non-hydrogen) atoms. The minimum atomic E-state index is -0.0349. The fourth-order valence-electron chi connectivity index (χ4n) is 2.03. The largest absolute Gasteiger partial charge is 0.354 e. The molecule has 0 unspecified atom stereocenters. The Morgan fingerprint density at radius 1 is 1.33 bits per heavy atom. The van der Waals surface area contributed by atoms with Crippen molar-refractivity contribution in [2.75, 3.05) is 36.4 Å². The molecule has 2 aromatic heterocycles. The normalized spacial score (nSPS) is 14.9. The van der Waals surface area contributed by atoms with Crippen molar-refractivity contribution < 1.29 is 4.79 Å². The van der Waals surface area contributed by atoms with Gasteiger partial charge in [-0.1, -0.05) is 0 Å². The first-order valence-corrected chi connectivity index (χ1v) is 6.78. The number of aromatic nitrogens is 5. The van der Waals surface area contributed by atoms with Gasteiger partial charge in [-0.2, -0.15) is 20.1 Å².